The third kappa shape index (κ3) is 2.63. The summed E-state index contributed by atoms with van der Waals surface area (Å²) in [4.78, 5) is 0. The molecule has 0 saturated heterocycles. The summed E-state index contributed by atoms with van der Waals surface area (Å²) in [6, 6.07) is 4.46. The summed E-state index contributed by atoms with van der Waals surface area (Å²) in [5.74, 6) is 1.05. The molecule has 2 heteroatoms. The first-order valence-electron chi connectivity index (χ1n) is 6.47. The highest BCUT2D eigenvalue weighted by Crippen LogP contribution is 2.32. The first kappa shape index (κ1) is 12.4. The minimum atomic E-state index is -0.0514. The second-order valence-electron chi connectivity index (χ2n) is 5.24. The quantitative estimate of drug-likeness (QED) is 0.797. The standard InChI is InChI=1S/C15H22O2/c1-5-11-7-13-10-17-15(3,4)9-12(13)8-14(11)16-6-2/h7-8H,5-6,9-10H2,1-4H3. The summed E-state index contributed by atoms with van der Waals surface area (Å²) in [6.07, 6.45) is 1.97. The molecule has 0 radical (unpaired) electrons. The van der Waals surface area contributed by atoms with Gasteiger partial charge < -0.3 is 9.47 Å². The first-order chi connectivity index (χ1) is 8.05. The second kappa shape index (κ2) is 4.69. The minimum absolute atomic E-state index is 0.0514. The van der Waals surface area contributed by atoms with Gasteiger partial charge in [0, 0.05) is 6.42 Å². The molecule has 1 aliphatic rings. The predicted molar refractivity (Wildman–Crippen MR) is 69.6 cm³/mol. The number of aryl methyl sites for hydroxylation is 1. The largest absolute Gasteiger partial charge is 0.494 e. The highest BCUT2D eigenvalue weighted by molar-refractivity contribution is 5.44. The smallest absolute Gasteiger partial charge is 0.122 e. The van der Waals surface area contributed by atoms with Crippen molar-refractivity contribution in [2.75, 3.05) is 6.61 Å². The van der Waals surface area contributed by atoms with Crippen molar-refractivity contribution in [2.24, 2.45) is 0 Å². The molecule has 0 aliphatic carbocycles. The molecule has 1 aromatic carbocycles. The second-order valence-corrected chi connectivity index (χ2v) is 5.24. The molecule has 1 heterocycles. The number of fused-ring (bicyclic) bond motifs is 1. The van der Waals surface area contributed by atoms with Gasteiger partial charge in [-0.3, -0.25) is 0 Å². The van der Waals surface area contributed by atoms with Crippen LogP contribution in [-0.4, -0.2) is 12.2 Å². The maximum absolute atomic E-state index is 5.85. The molecular weight excluding hydrogens is 212 g/mol. The Morgan fingerprint density at radius 1 is 1.24 bits per heavy atom. The average Bonchev–Trinajstić information content (AvgIpc) is 2.27. The molecule has 0 fully saturated rings. The highest BCUT2D eigenvalue weighted by Gasteiger charge is 2.26. The van der Waals surface area contributed by atoms with Gasteiger partial charge in [-0.1, -0.05) is 6.92 Å². The Bertz CT molecular complexity index is 408. The van der Waals surface area contributed by atoms with Crippen LogP contribution in [0.3, 0.4) is 0 Å². The molecule has 0 saturated carbocycles. The number of hydrogen-bond acceptors (Lipinski definition) is 2. The molecule has 2 rings (SSSR count). The lowest BCUT2D eigenvalue weighted by atomic mass is 9.90. The lowest BCUT2D eigenvalue weighted by molar-refractivity contribution is -0.0401. The van der Waals surface area contributed by atoms with Crippen LogP contribution < -0.4 is 4.74 Å². The van der Waals surface area contributed by atoms with E-state index in [1.807, 2.05) is 6.92 Å². The predicted octanol–water partition coefficient (Wildman–Crippen LogP) is 3.50. The number of rotatable bonds is 3. The molecule has 0 aromatic heterocycles. The normalized spacial score (nSPS) is 17.6. The molecule has 1 aliphatic heterocycles. The minimum Gasteiger partial charge on any atom is -0.494 e. The maximum atomic E-state index is 5.85. The van der Waals surface area contributed by atoms with Gasteiger partial charge in [-0.15, -0.1) is 0 Å². The van der Waals surface area contributed by atoms with E-state index in [4.69, 9.17) is 9.47 Å². The lowest BCUT2D eigenvalue weighted by Gasteiger charge is -2.32. The van der Waals surface area contributed by atoms with E-state index in [0.717, 1.165) is 31.8 Å². The SMILES string of the molecule is CCOc1cc2c(cc1CC)COC(C)(C)C2. The van der Waals surface area contributed by atoms with Crippen molar-refractivity contribution in [1.29, 1.82) is 0 Å². The van der Waals surface area contributed by atoms with Crippen LogP contribution >= 0.6 is 0 Å². The van der Waals surface area contributed by atoms with E-state index < -0.39 is 0 Å². The summed E-state index contributed by atoms with van der Waals surface area (Å²) in [6.45, 7) is 9.94. The summed E-state index contributed by atoms with van der Waals surface area (Å²) >= 11 is 0. The van der Waals surface area contributed by atoms with Crippen LogP contribution in [0.2, 0.25) is 0 Å². The topological polar surface area (TPSA) is 18.5 Å². The molecule has 94 valence electrons. The fraction of sp³-hybridized carbons (Fsp3) is 0.600. The van der Waals surface area contributed by atoms with Crippen LogP contribution in [0.4, 0.5) is 0 Å². The summed E-state index contributed by atoms with van der Waals surface area (Å²) < 4.78 is 11.6. The van der Waals surface area contributed by atoms with E-state index in [2.05, 4.69) is 32.9 Å². The third-order valence-corrected chi connectivity index (χ3v) is 3.30. The Morgan fingerprint density at radius 3 is 2.65 bits per heavy atom. The van der Waals surface area contributed by atoms with E-state index in [0.29, 0.717) is 0 Å². The molecule has 0 unspecified atom stereocenters. The van der Waals surface area contributed by atoms with Gasteiger partial charge in [0.1, 0.15) is 5.75 Å². The Labute approximate surface area is 104 Å². The van der Waals surface area contributed by atoms with Crippen molar-refractivity contribution in [3.05, 3.63) is 28.8 Å². The molecular formula is C15H22O2. The molecule has 17 heavy (non-hydrogen) atoms. The fourth-order valence-corrected chi connectivity index (χ4v) is 2.37. The summed E-state index contributed by atoms with van der Waals surface area (Å²) in [5, 5.41) is 0. The number of benzene rings is 1. The van der Waals surface area contributed by atoms with Gasteiger partial charge in [0.25, 0.3) is 0 Å². The zero-order valence-corrected chi connectivity index (χ0v) is 11.3. The first-order valence-corrected chi connectivity index (χ1v) is 6.47. The highest BCUT2D eigenvalue weighted by atomic mass is 16.5. The molecule has 0 spiro atoms. The van der Waals surface area contributed by atoms with Crippen molar-refractivity contribution >= 4 is 0 Å². The summed E-state index contributed by atoms with van der Waals surface area (Å²) in [7, 11) is 0. The molecule has 1 aromatic rings. The monoisotopic (exact) mass is 234 g/mol. The molecule has 0 atom stereocenters. The van der Waals surface area contributed by atoms with Crippen LogP contribution in [-0.2, 0) is 24.2 Å². The van der Waals surface area contributed by atoms with E-state index in [1.165, 1.54) is 16.7 Å². The number of ether oxygens (including phenoxy) is 2. The Kier molecular flexibility index (Phi) is 3.43. The van der Waals surface area contributed by atoms with Gasteiger partial charge >= 0.3 is 0 Å². The van der Waals surface area contributed by atoms with Crippen molar-refractivity contribution in [3.63, 3.8) is 0 Å². The van der Waals surface area contributed by atoms with Crippen LogP contribution in [0.1, 0.15) is 44.4 Å². The van der Waals surface area contributed by atoms with Gasteiger partial charge in [0.15, 0.2) is 0 Å². The Balaban J connectivity index is 2.38. The van der Waals surface area contributed by atoms with E-state index in [1.54, 1.807) is 0 Å². The van der Waals surface area contributed by atoms with Gasteiger partial charge in [-0.2, -0.15) is 0 Å². The average molecular weight is 234 g/mol. The van der Waals surface area contributed by atoms with Crippen molar-refractivity contribution in [1.82, 2.24) is 0 Å². The van der Waals surface area contributed by atoms with Gasteiger partial charge in [-0.25, -0.2) is 0 Å². The molecule has 2 nitrogen and oxygen atoms in total. The number of hydrogen-bond donors (Lipinski definition) is 0. The van der Waals surface area contributed by atoms with Crippen LogP contribution in [0.25, 0.3) is 0 Å². The zero-order chi connectivity index (χ0) is 12.5. The van der Waals surface area contributed by atoms with E-state index in [9.17, 15) is 0 Å². The van der Waals surface area contributed by atoms with Crippen LogP contribution in [0, 0.1) is 0 Å². The third-order valence-electron chi connectivity index (χ3n) is 3.30. The van der Waals surface area contributed by atoms with Gasteiger partial charge in [0.05, 0.1) is 18.8 Å². The molecule has 0 N–H and O–H groups in total. The summed E-state index contributed by atoms with van der Waals surface area (Å²) in [5.41, 5.74) is 3.94. The van der Waals surface area contributed by atoms with Gasteiger partial charge in [-0.05, 0) is 56.0 Å². The van der Waals surface area contributed by atoms with E-state index in [-0.39, 0.29) is 5.60 Å². The molecule has 0 amide bonds. The van der Waals surface area contributed by atoms with Crippen LogP contribution in [0.15, 0.2) is 12.1 Å². The van der Waals surface area contributed by atoms with Crippen molar-refractivity contribution < 1.29 is 9.47 Å². The Hall–Kier alpha value is -1.02. The maximum Gasteiger partial charge on any atom is 0.122 e. The molecule has 0 bridgehead atoms. The van der Waals surface area contributed by atoms with Crippen LogP contribution in [0.5, 0.6) is 5.75 Å². The van der Waals surface area contributed by atoms with Crippen molar-refractivity contribution in [2.45, 2.75) is 52.7 Å². The van der Waals surface area contributed by atoms with Crippen molar-refractivity contribution in [3.8, 4) is 5.75 Å². The van der Waals surface area contributed by atoms with E-state index >= 15 is 0 Å². The lowest BCUT2D eigenvalue weighted by Crippen LogP contribution is -2.31. The van der Waals surface area contributed by atoms with Gasteiger partial charge in [0.2, 0.25) is 0 Å². The Morgan fingerprint density at radius 2 is 2.00 bits per heavy atom. The zero-order valence-electron chi connectivity index (χ0n) is 11.3. The fourth-order valence-electron chi connectivity index (χ4n) is 2.37.